The van der Waals surface area contributed by atoms with E-state index in [2.05, 4.69) is 5.32 Å². The summed E-state index contributed by atoms with van der Waals surface area (Å²) in [6, 6.07) is 2.45. The molecule has 1 amide bonds. The van der Waals surface area contributed by atoms with Gasteiger partial charge >= 0.3 is 13.2 Å². The van der Waals surface area contributed by atoms with Gasteiger partial charge in [-0.05, 0) is 57.8 Å². The minimum Gasteiger partial charge on any atom is -0.465 e. The van der Waals surface area contributed by atoms with Crippen LogP contribution in [-0.4, -0.2) is 29.5 Å². The summed E-state index contributed by atoms with van der Waals surface area (Å²) in [6.45, 7) is 9.30. The third-order valence-corrected chi connectivity index (χ3v) is 4.16. The summed E-state index contributed by atoms with van der Waals surface area (Å²) >= 11 is 0. The Labute approximate surface area is 123 Å². The first-order chi connectivity index (χ1) is 9.53. The zero-order valence-corrected chi connectivity index (χ0v) is 12.8. The molecule has 0 bridgehead atoms. The number of hydrogen-bond acceptors (Lipinski definition) is 3. The second kappa shape index (κ2) is 5.00. The molecule has 7 heteroatoms. The number of nitrogens with one attached hydrogen (secondary N) is 1. The predicted molar refractivity (Wildman–Crippen MR) is 78.5 cm³/mol. The van der Waals surface area contributed by atoms with Gasteiger partial charge < -0.3 is 14.4 Å². The quantitative estimate of drug-likeness (QED) is 0.823. The SMILES string of the molecule is Cc1c(NC(=O)O)cc(F)cc1B1OC(C)(C)C(C)(C)O1. The molecule has 0 aliphatic carbocycles. The van der Waals surface area contributed by atoms with Crippen LogP contribution in [0.15, 0.2) is 12.1 Å². The molecular formula is C14H19BFNO4. The molecule has 1 aromatic carbocycles. The highest BCUT2D eigenvalue weighted by Gasteiger charge is 2.52. The van der Waals surface area contributed by atoms with E-state index in [1.165, 1.54) is 6.07 Å². The summed E-state index contributed by atoms with van der Waals surface area (Å²) in [5.74, 6) is -0.547. The van der Waals surface area contributed by atoms with Crippen molar-refractivity contribution in [3.63, 3.8) is 0 Å². The average molecular weight is 295 g/mol. The monoisotopic (exact) mass is 295 g/mol. The van der Waals surface area contributed by atoms with Gasteiger partial charge in [-0.3, -0.25) is 5.32 Å². The van der Waals surface area contributed by atoms with Crippen molar-refractivity contribution in [2.45, 2.75) is 45.8 Å². The van der Waals surface area contributed by atoms with Crippen molar-refractivity contribution in [1.29, 1.82) is 0 Å². The van der Waals surface area contributed by atoms with Gasteiger partial charge in [-0.2, -0.15) is 0 Å². The van der Waals surface area contributed by atoms with Crippen LogP contribution in [0.2, 0.25) is 0 Å². The fraction of sp³-hybridized carbons (Fsp3) is 0.500. The molecule has 1 aliphatic rings. The van der Waals surface area contributed by atoms with Gasteiger partial charge in [0, 0.05) is 5.69 Å². The number of amides is 1. The molecule has 1 aromatic rings. The summed E-state index contributed by atoms with van der Waals surface area (Å²) in [6.07, 6.45) is -1.25. The van der Waals surface area contributed by atoms with E-state index in [-0.39, 0.29) is 5.69 Å². The Hall–Kier alpha value is -1.60. The van der Waals surface area contributed by atoms with Crippen LogP contribution in [0.5, 0.6) is 0 Å². The van der Waals surface area contributed by atoms with E-state index < -0.39 is 30.2 Å². The van der Waals surface area contributed by atoms with Crippen LogP contribution in [0, 0.1) is 12.7 Å². The summed E-state index contributed by atoms with van der Waals surface area (Å²) in [5.41, 5.74) is 0.162. The van der Waals surface area contributed by atoms with Gasteiger partial charge in [0.25, 0.3) is 0 Å². The van der Waals surface area contributed by atoms with Crippen molar-refractivity contribution < 1.29 is 23.6 Å². The molecule has 1 fully saturated rings. The maximum atomic E-state index is 13.8. The molecule has 114 valence electrons. The number of carbonyl (C=O) groups is 1. The highest BCUT2D eigenvalue weighted by molar-refractivity contribution is 6.62. The van der Waals surface area contributed by atoms with Gasteiger partial charge in [0.2, 0.25) is 0 Å². The summed E-state index contributed by atoms with van der Waals surface area (Å²) in [7, 11) is -0.736. The number of halogens is 1. The van der Waals surface area contributed by atoms with Crippen LogP contribution in [0.1, 0.15) is 33.3 Å². The second-order valence-electron chi connectivity index (χ2n) is 6.19. The van der Waals surface area contributed by atoms with Crippen molar-refractivity contribution in [2.75, 3.05) is 5.32 Å². The fourth-order valence-electron chi connectivity index (χ4n) is 2.16. The van der Waals surface area contributed by atoms with E-state index in [1.807, 2.05) is 27.7 Å². The lowest BCUT2D eigenvalue weighted by molar-refractivity contribution is 0.00578. The minimum atomic E-state index is -1.25. The zero-order valence-electron chi connectivity index (χ0n) is 12.8. The van der Waals surface area contributed by atoms with Gasteiger partial charge in [0.1, 0.15) is 5.82 Å². The number of carboxylic acid groups (broad SMARTS) is 1. The van der Waals surface area contributed by atoms with Crippen LogP contribution >= 0.6 is 0 Å². The molecule has 1 heterocycles. The zero-order chi connectivity index (χ0) is 16.0. The standard InChI is InChI=1S/C14H19BFNO4/c1-8-10(6-9(16)7-11(8)17-12(18)19)15-20-13(2,3)14(4,5)21-15/h6-7,17H,1-5H3,(H,18,19). The van der Waals surface area contributed by atoms with Crippen molar-refractivity contribution in [2.24, 2.45) is 0 Å². The molecular weight excluding hydrogens is 276 g/mol. The number of rotatable bonds is 2. The molecule has 0 aromatic heterocycles. The first kappa shape index (κ1) is 15.8. The lowest BCUT2D eigenvalue weighted by Crippen LogP contribution is -2.41. The van der Waals surface area contributed by atoms with Gasteiger partial charge in [-0.25, -0.2) is 9.18 Å². The fourth-order valence-corrected chi connectivity index (χ4v) is 2.16. The maximum absolute atomic E-state index is 13.8. The Morgan fingerprint density at radius 2 is 1.76 bits per heavy atom. The van der Waals surface area contributed by atoms with E-state index in [9.17, 15) is 9.18 Å². The van der Waals surface area contributed by atoms with Crippen LogP contribution in [-0.2, 0) is 9.31 Å². The molecule has 2 N–H and O–H groups in total. The Bertz CT molecular complexity index is 573. The molecule has 2 rings (SSSR count). The molecule has 0 saturated carbocycles. The first-order valence-corrected chi connectivity index (χ1v) is 6.69. The highest BCUT2D eigenvalue weighted by atomic mass is 19.1. The van der Waals surface area contributed by atoms with Crippen LogP contribution in [0.25, 0.3) is 0 Å². The van der Waals surface area contributed by atoms with E-state index in [4.69, 9.17) is 14.4 Å². The van der Waals surface area contributed by atoms with Crippen molar-refractivity contribution in [3.8, 4) is 0 Å². The Morgan fingerprint density at radius 3 is 2.24 bits per heavy atom. The number of benzene rings is 1. The largest absolute Gasteiger partial charge is 0.495 e. The average Bonchev–Trinajstić information content (AvgIpc) is 2.52. The first-order valence-electron chi connectivity index (χ1n) is 6.69. The topological polar surface area (TPSA) is 67.8 Å². The van der Waals surface area contributed by atoms with Gasteiger partial charge in [-0.1, -0.05) is 0 Å². The molecule has 1 saturated heterocycles. The van der Waals surface area contributed by atoms with Crippen LogP contribution in [0.4, 0.5) is 14.9 Å². The van der Waals surface area contributed by atoms with E-state index in [0.29, 0.717) is 11.0 Å². The lowest BCUT2D eigenvalue weighted by Gasteiger charge is -2.32. The third kappa shape index (κ3) is 2.89. The molecule has 5 nitrogen and oxygen atoms in total. The molecule has 0 unspecified atom stereocenters. The summed E-state index contributed by atoms with van der Waals surface area (Å²) < 4.78 is 25.5. The normalized spacial score (nSPS) is 19.6. The smallest absolute Gasteiger partial charge is 0.465 e. The van der Waals surface area contributed by atoms with Gasteiger partial charge in [0.05, 0.1) is 11.2 Å². The van der Waals surface area contributed by atoms with Crippen molar-refractivity contribution >= 4 is 24.4 Å². The summed E-state index contributed by atoms with van der Waals surface area (Å²) in [5, 5.41) is 11.0. The third-order valence-electron chi connectivity index (χ3n) is 4.16. The van der Waals surface area contributed by atoms with Gasteiger partial charge in [0.15, 0.2) is 0 Å². The van der Waals surface area contributed by atoms with E-state index in [0.717, 1.165) is 6.07 Å². The van der Waals surface area contributed by atoms with Crippen molar-refractivity contribution in [3.05, 3.63) is 23.5 Å². The Kier molecular flexibility index (Phi) is 3.76. The number of anilines is 1. The second-order valence-corrected chi connectivity index (χ2v) is 6.19. The van der Waals surface area contributed by atoms with Gasteiger partial charge in [-0.15, -0.1) is 0 Å². The van der Waals surface area contributed by atoms with Crippen LogP contribution in [0.3, 0.4) is 0 Å². The Balaban J connectivity index is 2.42. The molecule has 0 atom stereocenters. The van der Waals surface area contributed by atoms with E-state index >= 15 is 0 Å². The van der Waals surface area contributed by atoms with Crippen LogP contribution < -0.4 is 10.8 Å². The van der Waals surface area contributed by atoms with Crippen molar-refractivity contribution in [1.82, 2.24) is 0 Å². The molecule has 0 radical (unpaired) electrons. The maximum Gasteiger partial charge on any atom is 0.495 e. The molecule has 21 heavy (non-hydrogen) atoms. The number of hydrogen-bond donors (Lipinski definition) is 2. The minimum absolute atomic E-state index is 0.187. The molecule has 0 spiro atoms. The Morgan fingerprint density at radius 1 is 1.24 bits per heavy atom. The van der Waals surface area contributed by atoms with E-state index in [1.54, 1.807) is 6.92 Å². The summed E-state index contributed by atoms with van der Waals surface area (Å²) in [4.78, 5) is 10.8. The molecule has 1 aliphatic heterocycles. The highest BCUT2D eigenvalue weighted by Crippen LogP contribution is 2.37. The predicted octanol–water partition coefficient (Wildman–Crippen LogP) is 2.52. The lowest BCUT2D eigenvalue weighted by atomic mass is 9.75.